The average molecular weight is 517 g/mol. The number of aliphatic hydroxyl groups is 1. The van der Waals surface area contributed by atoms with Gasteiger partial charge in [-0.15, -0.1) is 0 Å². The van der Waals surface area contributed by atoms with Gasteiger partial charge in [-0.1, -0.05) is 6.07 Å². The molecule has 202 valence electrons. The molecule has 0 saturated carbocycles. The SMILES string of the molecule is CC(C)(F)CN1CCC(COc2ccc(-c3ccc(C(=O)N4CCC(C(N)O)CC4)cc3F)cn2)CC1. The number of rotatable bonds is 8. The lowest BCUT2D eigenvalue weighted by molar-refractivity contribution is 0.0487. The molecule has 0 bridgehead atoms. The van der Waals surface area contributed by atoms with Gasteiger partial charge in [0.15, 0.2) is 0 Å². The van der Waals surface area contributed by atoms with Crippen LogP contribution in [0.15, 0.2) is 36.5 Å². The molecule has 2 fully saturated rings. The van der Waals surface area contributed by atoms with Gasteiger partial charge < -0.3 is 25.4 Å². The first-order valence-electron chi connectivity index (χ1n) is 13.1. The predicted molar refractivity (Wildman–Crippen MR) is 138 cm³/mol. The number of piperidine rings is 2. The second-order valence-electron chi connectivity index (χ2n) is 10.9. The number of carbonyl (C=O) groups excluding carboxylic acids is 1. The van der Waals surface area contributed by atoms with Crippen LogP contribution in [-0.4, -0.2) is 77.0 Å². The molecule has 1 atom stereocenters. The van der Waals surface area contributed by atoms with E-state index in [1.54, 1.807) is 49.2 Å². The summed E-state index contributed by atoms with van der Waals surface area (Å²) in [5, 5.41) is 9.54. The molecule has 4 rings (SSSR count). The van der Waals surface area contributed by atoms with Crippen molar-refractivity contribution in [1.82, 2.24) is 14.8 Å². The standard InChI is InChI=1S/C28H38F2N4O3/c1-28(2,30)18-33-11-7-19(8-12-33)17-37-25-6-4-22(16-32-25)23-5-3-21(15-24(23)29)27(36)34-13-9-20(10-14-34)26(31)35/h3-6,15-16,19-20,26,35H,7-14,17-18,31H2,1-2H3. The molecule has 1 unspecified atom stereocenters. The third-order valence-corrected chi connectivity index (χ3v) is 7.35. The molecule has 9 heteroatoms. The number of pyridine rings is 1. The lowest BCUT2D eigenvalue weighted by Gasteiger charge is -2.34. The van der Waals surface area contributed by atoms with E-state index in [-0.39, 0.29) is 11.8 Å². The van der Waals surface area contributed by atoms with Crippen LogP contribution in [0.1, 0.15) is 49.9 Å². The lowest BCUT2D eigenvalue weighted by atomic mass is 9.95. The molecule has 0 radical (unpaired) electrons. The summed E-state index contributed by atoms with van der Waals surface area (Å²) >= 11 is 0. The first-order valence-corrected chi connectivity index (χ1v) is 13.1. The van der Waals surface area contributed by atoms with Crippen LogP contribution in [0.25, 0.3) is 11.1 Å². The number of hydrogen-bond acceptors (Lipinski definition) is 6. The van der Waals surface area contributed by atoms with Gasteiger partial charge in [-0.25, -0.2) is 13.8 Å². The number of benzene rings is 1. The Morgan fingerprint density at radius 2 is 1.86 bits per heavy atom. The summed E-state index contributed by atoms with van der Waals surface area (Å²) < 4.78 is 34.7. The van der Waals surface area contributed by atoms with Crippen LogP contribution < -0.4 is 10.5 Å². The molecular weight excluding hydrogens is 478 g/mol. The van der Waals surface area contributed by atoms with Gasteiger partial charge in [0, 0.05) is 54.5 Å². The van der Waals surface area contributed by atoms with Gasteiger partial charge in [0.25, 0.3) is 5.91 Å². The molecular formula is C28H38F2N4O3. The number of aliphatic hydroxyl groups excluding tert-OH is 1. The molecule has 1 amide bonds. The average Bonchev–Trinajstić information content (AvgIpc) is 2.87. The second-order valence-corrected chi connectivity index (χ2v) is 10.9. The third-order valence-electron chi connectivity index (χ3n) is 7.35. The summed E-state index contributed by atoms with van der Waals surface area (Å²) in [6, 6.07) is 7.98. The molecule has 0 spiro atoms. The predicted octanol–water partition coefficient (Wildman–Crippen LogP) is 3.86. The van der Waals surface area contributed by atoms with Crippen molar-refractivity contribution in [3.05, 3.63) is 47.9 Å². The zero-order valence-electron chi connectivity index (χ0n) is 21.7. The van der Waals surface area contributed by atoms with Crippen molar-refractivity contribution in [3.8, 4) is 17.0 Å². The van der Waals surface area contributed by atoms with Crippen molar-refractivity contribution < 1.29 is 23.4 Å². The van der Waals surface area contributed by atoms with Gasteiger partial charge in [-0.05, 0) is 76.7 Å². The fourth-order valence-corrected chi connectivity index (χ4v) is 5.18. The Bertz CT molecular complexity index is 1040. The number of nitrogens with two attached hydrogens (primary N) is 1. The number of alkyl halides is 1. The van der Waals surface area contributed by atoms with E-state index >= 15 is 0 Å². The molecule has 37 heavy (non-hydrogen) atoms. The van der Waals surface area contributed by atoms with Crippen LogP contribution in [0.3, 0.4) is 0 Å². The van der Waals surface area contributed by atoms with Gasteiger partial charge in [-0.2, -0.15) is 0 Å². The van der Waals surface area contributed by atoms with Gasteiger partial charge in [0.05, 0.1) is 6.61 Å². The number of nitrogens with zero attached hydrogens (tertiary/aromatic N) is 3. The molecule has 1 aromatic carbocycles. The highest BCUT2D eigenvalue weighted by Gasteiger charge is 2.27. The Labute approximate surface area is 217 Å². The summed E-state index contributed by atoms with van der Waals surface area (Å²) in [5.41, 5.74) is 5.63. The number of ether oxygens (including phenoxy) is 1. The van der Waals surface area contributed by atoms with E-state index in [1.165, 1.54) is 6.07 Å². The Kier molecular flexibility index (Phi) is 8.77. The summed E-state index contributed by atoms with van der Waals surface area (Å²) in [6.45, 7) is 6.92. The number of aromatic nitrogens is 1. The van der Waals surface area contributed by atoms with Crippen LogP contribution in [0.4, 0.5) is 8.78 Å². The molecule has 2 aromatic rings. The van der Waals surface area contributed by atoms with Crippen molar-refractivity contribution in [2.24, 2.45) is 17.6 Å². The van der Waals surface area contributed by atoms with Crippen molar-refractivity contribution >= 4 is 5.91 Å². The Morgan fingerprint density at radius 1 is 1.16 bits per heavy atom. The number of likely N-dealkylation sites (tertiary alicyclic amines) is 2. The molecule has 0 aliphatic carbocycles. The maximum atomic E-state index is 15.0. The first kappa shape index (κ1) is 27.4. The maximum Gasteiger partial charge on any atom is 0.253 e. The fourth-order valence-electron chi connectivity index (χ4n) is 5.18. The smallest absolute Gasteiger partial charge is 0.253 e. The molecule has 3 N–H and O–H groups in total. The van der Waals surface area contributed by atoms with Crippen molar-refractivity contribution in [3.63, 3.8) is 0 Å². The minimum Gasteiger partial charge on any atom is -0.477 e. The van der Waals surface area contributed by atoms with E-state index in [1.807, 2.05) is 0 Å². The van der Waals surface area contributed by atoms with Crippen molar-refractivity contribution in [1.29, 1.82) is 0 Å². The number of amides is 1. The van der Waals surface area contributed by atoms with Crippen LogP contribution in [0.2, 0.25) is 0 Å². The summed E-state index contributed by atoms with van der Waals surface area (Å²) in [6.07, 6.45) is 3.86. The quantitative estimate of drug-likeness (QED) is 0.518. The third kappa shape index (κ3) is 7.46. The Morgan fingerprint density at radius 3 is 2.43 bits per heavy atom. The van der Waals surface area contributed by atoms with E-state index in [2.05, 4.69) is 9.88 Å². The summed E-state index contributed by atoms with van der Waals surface area (Å²) in [5.74, 6) is 0.146. The zero-order chi connectivity index (χ0) is 26.6. The van der Waals surface area contributed by atoms with E-state index in [4.69, 9.17) is 10.5 Å². The zero-order valence-corrected chi connectivity index (χ0v) is 21.7. The van der Waals surface area contributed by atoms with Crippen molar-refractivity contribution in [2.75, 3.05) is 39.3 Å². The number of hydrogen-bond donors (Lipinski definition) is 2. The van der Waals surface area contributed by atoms with Crippen LogP contribution in [0, 0.1) is 17.7 Å². The summed E-state index contributed by atoms with van der Waals surface area (Å²) in [7, 11) is 0. The van der Waals surface area contributed by atoms with Crippen molar-refractivity contribution in [2.45, 2.75) is 51.4 Å². The van der Waals surface area contributed by atoms with Crippen LogP contribution in [-0.2, 0) is 0 Å². The number of carbonyl (C=O) groups is 1. The minimum absolute atomic E-state index is 0.0179. The molecule has 7 nitrogen and oxygen atoms in total. The van der Waals surface area contributed by atoms with Gasteiger partial charge >= 0.3 is 0 Å². The fraction of sp³-hybridized carbons (Fsp3) is 0.571. The highest BCUT2D eigenvalue weighted by Crippen LogP contribution is 2.27. The van der Waals surface area contributed by atoms with Crippen LogP contribution >= 0.6 is 0 Å². The lowest BCUT2D eigenvalue weighted by Crippen LogP contribution is -2.43. The van der Waals surface area contributed by atoms with E-state index in [0.717, 1.165) is 25.9 Å². The highest BCUT2D eigenvalue weighted by molar-refractivity contribution is 5.94. The maximum absolute atomic E-state index is 15.0. The van der Waals surface area contributed by atoms with Gasteiger partial charge in [-0.3, -0.25) is 4.79 Å². The monoisotopic (exact) mass is 516 g/mol. The molecule has 2 saturated heterocycles. The molecule has 3 heterocycles. The Hall–Kier alpha value is -2.62. The van der Waals surface area contributed by atoms with Gasteiger partial charge in [0.2, 0.25) is 5.88 Å². The normalized spacial score (nSPS) is 19.1. The highest BCUT2D eigenvalue weighted by atomic mass is 19.1. The van der Waals surface area contributed by atoms with Gasteiger partial charge in [0.1, 0.15) is 17.7 Å². The topological polar surface area (TPSA) is 91.9 Å². The minimum atomic E-state index is -1.18. The Balaban J connectivity index is 1.29. The first-order chi connectivity index (χ1) is 17.6. The largest absolute Gasteiger partial charge is 0.477 e. The number of halogens is 2. The molecule has 2 aliphatic heterocycles. The van der Waals surface area contributed by atoms with E-state index in [9.17, 15) is 18.7 Å². The van der Waals surface area contributed by atoms with E-state index < -0.39 is 17.7 Å². The summed E-state index contributed by atoms with van der Waals surface area (Å²) in [4.78, 5) is 21.0. The second kappa shape index (κ2) is 11.8. The van der Waals surface area contributed by atoms with E-state index in [0.29, 0.717) is 67.6 Å². The molecule has 1 aromatic heterocycles. The molecule has 2 aliphatic rings. The van der Waals surface area contributed by atoms with Crippen LogP contribution in [0.5, 0.6) is 5.88 Å².